The first kappa shape index (κ1) is 12.2. The maximum atomic E-state index is 4.36. The molecule has 0 bridgehead atoms. The normalized spacial score (nSPS) is 10.5. The average molecular weight is 407 g/mol. The SMILES string of the molecule is Cc1cc(Br)ccc1-c1nc(Br)cc(Br)n1. The van der Waals surface area contributed by atoms with Gasteiger partial charge >= 0.3 is 0 Å². The highest BCUT2D eigenvalue weighted by Gasteiger charge is 2.07. The highest BCUT2D eigenvalue weighted by Crippen LogP contribution is 2.25. The maximum absolute atomic E-state index is 4.36. The quantitative estimate of drug-likeness (QED) is 0.639. The maximum Gasteiger partial charge on any atom is 0.161 e. The molecule has 2 nitrogen and oxygen atoms in total. The van der Waals surface area contributed by atoms with E-state index in [2.05, 4.69) is 57.8 Å². The van der Waals surface area contributed by atoms with E-state index < -0.39 is 0 Å². The predicted octanol–water partition coefficient (Wildman–Crippen LogP) is 4.74. The second-order valence-electron chi connectivity index (χ2n) is 3.30. The Morgan fingerprint density at radius 2 is 1.56 bits per heavy atom. The summed E-state index contributed by atoms with van der Waals surface area (Å²) in [5.74, 6) is 0.714. The van der Waals surface area contributed by atoms with E-state index in [0.717, 1.165) is 24.8 Å². The molecule has 0 atom stereocenters. The minimum atomic E-state index is 0.714. The van der Waals surface area contributed by atoms with Crippen LogP contribution in [-0.4, -0.2) is 9.97 Å². The van der Waals surface area contributed by atoms with Crippen molar-refractivity contribution in [2.45, 2.75) is 6.92 Å². The lowest BCUT2D eigenvalue weighted by Crippen LogP contribution is -1.92. The van der Waals surface area contributed by atoms with Gasteiger partial charge in [-0.05, 0) is 62.5 Å². The molecule has 0 N–H and O–H groups in total. The summed E-state index contributed by atoms with van der Waals surface area (Å²) in [6, 6.07) is 7.86. The third-order valence-corrected chi connectivity index (χ3v) is 3.40. The van der Waals surface area contributed by atoms with Gasteiger partial charge in [0.05, 0.1) is 0 Å². The lowest BCUT2D eigenvalue weighted by Gasteiger charge is -2.05. The van der Waals surface area contributed by atoms with Crippen LogP contribution in [0.3, 0.4) is 0 Å². The molecule has 2 aromatic rings. The lowest BCUT2D eigenvalue weighted by atomic mass is 10.1. The molecule has 0 unspecified atom stereocenters. The second-order valence-corrected chi connectivity index (χ2v) is 5.84. The summed E-state index contributed by atoms with van der Waals surface area (Å²) in [5.41, 5.74) is 2.17. The summed E-state index contributed by atoms with van der Waals surface area (Å²) in [4.78, 5) is 8.71. The molecule has 1 aromatic carbocycles. The average Bonchev–Trinajstić information content (AvgIpc) is 2.15. The highest BCUT2D eigenvalue weighted by atomic mass is 79.9. The molecule has 16 heavy (non-hydrogen) atoms. The van der Waals surface area contributed by atoms with Crippen molar-refractivity contribution in [3.05, 3.63) is 43.5 Å². The Kier molecular flexibility index (Phi) is 3.77. The molecule has 0 aliphatic carbocycles. The molecule has 1 aromatic heterocycles. The van der Waals surface area contributed by atoms with Crippen molar-refractivity contribution in [2.75, 3.05) is 0 Å². The van der Waals surface area contributed by atoms with Crippen molar-refractivity contribution in [3.8, 4) is 11.4 Å². The zero-order chi connectivity index (χ0) is 11.7. The molecule has 0 saturated heterocycles. The third kappa shape index (κ3) is 2.70. The van der Waals surface area contributed by atoms with E-state index in [1.165, 1.54) is 0 Å². The van der Waals surface area contributed by atoms with E-state index >= 15 is 0 Å². The van der Waals surface area contributed by atoms with Crippen molar-refractivity contribution >= 4 is 47.8 Å². The summed E-state index contributed by atoms with van der Waals surface area (Å²) in [6.07, 6.45) is 0. The van der Waals surface area contributed by atoms with Crippen LogP contribution in [-0.2, 0) is 0 Å². The number of rotatable bonds is 1. The van der Waals surface area contributed by atoms with Gasteiger partial charge in [-0.3, -0.25) is 0 Å². The molecule has 0 fully saturated rings. The molecule has 1 heterocycles. The number of nitrogens with zero attached hydrogens (tertiary/aromatic N) is 2. The first-order valence-electron chi connectivity index (χ1n) is 4.53. The molecule has 0 amide bonds. The van der Waals surface area contributed by atoms with Crippen molar-refractivity contribution in [3.63, 3.8) is 0 Å². The number of hydrogen-bond acceptors (Lipinski definition) is 2. The van der Waals surface area contributed by atoms with Crippen molar-refractivity contribution in [1.29, 1.82) is 0 Å². The first-order chi connectivity index (χ1) is 7.56. The van der Waals surface area contributed by atoms with Gasteiger partial charge in [0.25, 0.3) is 0 Å². The van der Waals surface area contributed by atoms with Gasteiger partial charge in [-0.15, -0.1) is 0 Å². The Morgan fingerprint density at radius 3 is 2.12 bits per heavy atom. The lowest BCUT2D eigenvalue weighted by molar-refractivity contribution is 1.12. The fourth-order valence-electron chi connectivity index (χ4n) is 1.39. The van der Waals surface area contributed by atoms with E-state index in [1.54, 1.807) is 0 Å². The number of hydrogen-bond donors (Lipinski definition) is 0. The van der Waals surface area contributed by atoms with Crippen LogP contribution in [0.5, 0.6) is 0 Å². The Bertz CT molecular complexity index is 520. The van der Waals surface area contributed by atoms with Gasteiger partial charge < -0.3 is 0 Å². The van der Waals surface area contributed by atoms with Crippen molar-refractivity contribution < 1.29 is 0 Å². The van der Waals surface area contributed by atoms with Crippen LogP contribution in [0.25, 0.3) is 11.4 Å². The van der Waals surface area contributed by atoms with Crippen molar-refractivity contribution in [2.24, 2.45) is 0 Å². The van der Waals surface area contributed by atoms with E-state index in [9.17, 15) is 0 Å². The molecule has 0 radical (unpaired) electrons. The van der Waals surface area contributed by atoms with E-state index in [4.69, 9.17) is 0 Å². The number of halogens is 3. The summed E-state index contributed by atoms with van der Waals surface area (Å²) in [6.45, 7) is 2.04. The standard InChI is InChI=1S/C11H7Br3N2/c1-6-4-7(12)2-3-8(6)11-15-9(13)5-10(14)16-11/h2-5H,1H3. The van der Waals surface area contributed by atoms with Crippen LogP contribution in [0.2, 0.25) is 0 Å². The van der Waals surface area contributed by atoms with Gasteiger partial charge in [0, 0.05) is 16.1 Å². The van der Waals surface area contributed by atoms with E-state index in [-0.39, 0.29) is 0 Å². The summed E-state index contributed by atoms with van der Waals surface area (Å²) >= 11 is 10.2. The monoisotopic (exact) mass is 404 g/mol. The van der Waals surface area contributed by atoms with Crippen LogP contribution < -0.4 is 0 Å². The number of aromatic nitrogens is 2. The zero-order valence-corrected chi connectivity index (χ0v) is 13.1. The molecule has 0 saturated carbocycles. The largest absolute Gasteiger partial charge is 0.221 e. The Hall–Kier alpha value is -0.260. The summed E-state index contributed by atoms with van der Waals surface area (Å²) < 4.78 is 2.60. The van der Waals surface area contributed by atoms with E-state index in [1.807, 2.05) is 31.2 Å². The van der Waals surface area contributed by atoms with Gasteiger partial charge in [0.2, 0.25) is 0 Å². The minimum Gasteiger partial charge on any atom is -0.221 e. The molecule has 0 aliphatic rings. The van der Waals surface area contributed by atoms with Crippen LogP contribution in [0.15, 0.2) is 37.9 Å². The summed E-state index contributed by atoms with van der Waals surface area (Å²) in [7, 11) is 0. The first-order valence-corrected chi connectivity index (χ1v) is 6.91. The second kappa shape index (κ2) is 4.94. The third-order valence-electron chi connectivity index (χ3n) is 2.09. The Balaban J connectivity index is 2.58. The van der Waals surface area contributed by atoms with Gasteiger partial charge in [0.1, 0.15) is 9.21 Å². The van der Waals surface area contributed by atoms with Gasteiger partial charge in [-0.2, -0.15) is 0 Å². The molecule has 0 spiro atoms. The smallest absolute Gasteiger partial charge is 0.161 e. The fraction of sp³-hybridized carbons (Fsp3) is 0.0909. The molecular formula is C11H7Br3N2. The Labute approximate surface area is 119 Å². The number of aryl methyl sites for hydroxylation is 1. The summed E-state index contributed by atoms with van der Waals surface area (Å²) in [5, 5.41) is 0. The number of benzene rings is 1. The van der Waals surface area contributed by atoms with Crippen LogP contribution in [0.1, 0.15) is 5.56 Å². The topological polar surface area (TPSA) is 25.8 Å². The molecule has 2 rings (SSSR count). The predicted molar refractivity (Wildman–Crippen MR) is 75.3 cm³/mol. The molecule has 5 heteroatoms. The minimum absolute atomic E-state index is 0.714. The van der Waals surface area contributed by atoms with Crippen molar-refractivity contribution in [1.82, 2.24) is 9.97 Å². The molecule has 82 valence electrons. The van der Waals surface area contributed by atoms with Crippen LogP contribution in [0.4, 0.5) is 0 Å². The Morgan fingerprint density at radius 1 is 0.938 bits per heavy atom. The van der Waals surface area contributed by atoms with Crippen LogP contribution >= 0.6 is 47.8 Å². The van der Waals surface area contributed by atoms with Crippen LogP contribution in [0, 0.1) is 6.92 Å². The van der Waals surface area contributed by atoms with E-state index in [0.29, 0.717) is 5.82 Å². The molecule has 0 aliphatic heterocycles. The fourth-order valence-corrected chi connectivity index (χ4v) is 2.94. The van der Waals surface area contributed by atoms with Gasteiger partial charge in [0.15, 0.2) is 5.82 Å². The van der Waals surface area contributed by atoms with Gasteiger partial charge in [-0.1, -0.05) is 15.9 Å². The van der Waals surface area contributed by atoms with Gasteiger partial charge in [-0.25, -0.2) is 9.97 Å². The highest BCUT2D eigenvalue weighted by molar-refractivity contribution is 9.11. The zero-order valence-electron chi connectivity index (χ0n) is 8.34. The molecular weight excluding hydrogens is 400 g/mol.